The van der Waals surface area contributed by atoms with E-state index in [1.54, 1.807) is 6.92 Å². The zero-order valence-electron chi connectivity index (χ0n) is 9.29. The van der Waals surface area contributed by atoms with E-state index < -0.39 is 40.9 Å². The fraction of sp³-hybridized carbons (Fsp3) is 0.857. The Morgan fingerprint density at radius 1 is 1.50 bits per heavy atom. The van der Waals surface area contributed by atoms with E-state index in [0.29, 0.717) is 0 Å². The van der Waals surface area contributed by atoms with Gasteiger partial charge in [-0.3, -0.25) is 4.57 Å². The van der Waals surface area contributed by atoms with Crippen molar-refractivity contribution >= 4 is 48.4 Å². The van der Waals surface area contributed by atoms with Gasteiger partial charge in [-0.2, -0.15) is 0 Å². The van der Waals surface area contributed by atoms with Crippen molar-refractivity contribution in [3.63, 3.8) is 0 Å². The number of alkyl halides is 3. The van der Waals surface area contributed by atoms with Gasteiger partial charge in [-0.25, -0.2) is 4.79 Å². The molecule has 0 heterocycles. The van der Waals surface area contributed by atoms with Crippen LogP contribution >= 0.6 is 42.4 Å². The Labute approximate surface area is 119 Å². The molecule has 0 aromatic rings. The largest absolute Gasteiger partial charge is 0.630 e. The quantitative estimate of drug-likeness (QED) is 0.212. The Balaban J connectivity index is 5.45. The summed E-state index contributed by atoms with van der Waals surface area (Å²) in [6.07, 6.45) is -1.24. The van der Waals surface area contributed by atoms with Gasteiger partial charge in [0.15, 0.2) is 12.8 Å². The molecule has 0 fully saturated rings. The number of hydrogen-bond acceptors (Lipinski definition) is 3. The maximum Gasteiger partial charge on any atom is 0.379 e. The minimum Gasteiger partial charge on any atom is -0.630 e. The third-order valence-electron chi connectivity index (χ3n) is 2.08. The maximum atomic E-state index is 12.3. The molecule has 0 spiro atoms. The lowest BCUT2D eigenvalue weighted by atomic mass is 10.3. The summed E-state index contributed by atoms with van der Waals surface area (Å²) < 4.78 is 6.50. The van der Waals surface area contributed by atoms with Gasteiger partial charge in [-0.05, 0) is 29.6 Å². The number of nitrogens with zero attached hydrogens (tertiary/aromatic N) is 1. The third kappa shape index (κ3) is 4.83. The number of hydroxylamine groups is 3. The first kappa shape index (κ1) is 18.4. The van der Waals surface area contributed by atoms with E-state index in [-0.39, 0.29) is 6.42 Å². The number of halogens is 3. The number of quaternary nitrogens is 1. The normalized spacial score (nSPS) is 18.2. The molecular weight excluding hydrogens is 331 g/mol. The highest BCUT2D eigenvalue weighted by molar-refractivity contribution is 7.51. The molecule has 7 nitrogen and oxygen atoms in total. The summed E-state index contributed by atoms with van der Waals surface area (Å²) in [6.45, 7) is 0.334. The Kier molecular flexibility index (Phi) is 6.38. The summed E-state index contributed by atoms with van der Waals surface area (Å²) in [4.78, 5) is 28.3. The van der Waals surface area contributed by atoms with Crippen molar-refractivity contribution in [2.45, 2.75) is 23.2 Å². The fourth-order valence-corrected chi connectivity index (χ4v) is 3.08. The molecule has 0 aromatic heterocycles. The minimum absolute atomic E-state index is 0.123. The van der Waals surface area contributed by atoms with Crippen LogP contribution in [0.4, 0.5) is 0 Å². The van der Waals surface area contributed by atoms with Gasteiger partial charge >= 0.3 is 13.6 Å². The summed E-state index contributed by atoms with van der Waals surface area (Å²) >= 11 is 17.2. The molecule has 0 aromatic carbocycles. The van der Waals surface area contributed by atoms with Crippen LogP contribution in [0.3, 0.4) is 0 Å². The van der Waals surface area contributed by atoms with Crippen LogP contribution in [0, 0.1) is 5.21 Å². The highest BCUT2D eigenvalue weighted by atomic mass is 35.5. The van der Waals surface area contributed by atoms with Crippen LogP contribution < -0.4 is 0 Å². The van der Waals surface area contributed by atoms with Crippen LogP contribution in [0.2, 0.25) is 0 Å². The molecule has 0 bridgehead atoms. The van der Waals surface area contributed by atoms with Gasteiger partial charge in [0.25, 0.3) is 4.46 Å². The summed E-state index contributed by atoms with van der Waals surface area (Å²) in [6, 6.07) is 0. The second-order valence-electron chi connectivity index (χ2n) is 3.71. The van der Waals surface area contributed by atoms with E-state index in [0.717, 1.165) is 0 Å². The van der Waals surface area contributed by atoms with E-state index in [2.05, 4.69) is 0 Å². The first-order valence-corrected chi connectivity index (χ1v) is 7.71. The molecule has 3 N–H and O–H groups in total. The fourth-order valence-electron chi connectivity index (χ4n) is 1.27. The van der Waals surface area contributed by atoms with E-state index in [9.17, 15) is 14.6 Å². The Morgan fingerprint density at radius 2 is 1.94 bits per heavy atom. The molecule has 2 unspecified atom stereocenters. The molecule has 2 atom stereocenters. The van der Waals surface area contributed by atoms with Crippen molar-refractivity contribution in [1.29, 1.82) is 0 Å². The van der Waals surface area contributed by atoms with Gasteiger partial charge in [0.05, 0.1) is 0 Å². The van der Waals surface area contributed by atoms with Crippen molar-refractivity contribution in [1.82, 2.24) is 0 Å². The van der Waals surface area contributed by atoms with Gasteiger partial charge in [-0.1, -0.05) is 6.92 Å². The van der Waals surface area contributed by atoms with Crippen LogP contribution in [-0.2, 0) is 9.36 Å². The van der Waals surface area contributed by atoms with Crippen molar-refractivity contribution in [2.24, 2.45) is 0 Å². The molecule has 0 aliphatic rings. The van der Waals surface area contributed by atoms with Crippen LogP contribution in [0.1, 0.15) is 13.3 Å². The van der Waals surface area contributed by atoms with Crippen LogP contribution in [-0.4, -0.2) is 48.2 Å². The summed E-state index contributed by atoms with van der Waals surface area (Å²) in [5, 5.41) is 19.7. The SMILES string of the molecule is CCC(Cl)C(Cl)(Cl)[N+]([O-])(CC(=O)O)CP(=O)(O)O. The number of aliphatic carboxylic acids is 1. The Morgan fingerprint density at radius 3 is 2.22 bits per heavy atom. The predicted molar refractivity (Wildman–Crippen MR) is 67.4 cm³/mol. The average Bonchev–Trinajstić information content (AvgIpc) is 2.11. The van der Waals surface area contributed by atoms with Crippen molar-refractivity contribution in [2.75, 3.05) is 12.8 Å². The zero-order valence-corrected chi connectivity index (χ0v) is 12.5. The maximum absolute atomic E-state index is 12.3. The van der Waals surface area contributed by atoms with Gasteiger partial charge < -0.3 is 24.7 Å². The lowest BCUT2D eigenvalue weighted by Gasteiger charge is -2.50. The van der Waals surface area contributed by atoms with Crippen LogP contribution in [0.15, 0.2) is 0 Å². The first-order chi connectivity index (χ1) is 7.85. The number of carboxylic acid groups (broad SMARTS) is 1. The second-order valence-corrected chi connectivity index (χ2v) is 7.20. The number of carboxylic acids is 1. The van der Waals surface area contributed by atoms with E-state index in [4.69, 9.17) is 49.7 Å². The molecule has 0 radical (unpaired) electrons. The van der Waals surface area contributed by atoms with Gasteiger partial charge in [0, 0.05) is 0 Å². The van der Waals surface area contributed by atoms with Gasteiger partial charge in [0.2, 0.25) is 0 Å². The average molecular weight is 345 g/mol. The predicted octanol–water partition coefficient (Wildman–Crippen LogP) is 1.67. The van der Waals surface area contributed by atoms with Gasteiger partial charge in [0.1, 0.15) is 5.38 Å². The van der Waals surface area contributed by atoms with Crippen molar-refractivity contribution < 1.29 is 28.9 Å². The molecule has 18 heavy (non-hydrogen) atoms. The molecule has 108 valence electrons. The lowest BCUT2D eigenvalue weighted by molar-refractivity contribution is -0.886. The number of rotatable bonds is 7. The Hall–Kier alpha value is 0.410. The zero-order chi connectivity index (χ0) is 14.8. The van der Waals surface area contributed by atoms with Crippen LogP contribution in [0.5, 0.6) is 0 Å². The standard InChI is InChI=1S/C7H13Cl3NO6P/c1-2-5(8)7(9,10)11(14,3-6(12)13)4-18(15,16)17/h5H,2-4H2,1H3,(H,12,13)(H2,15,16,17). The second kappa shape index (κ2) is 6.24. The highest BCUT2D eigenvalue weighted by Crippen LogP contribution is 2.47. The molecular formula is C7H13Cl3NO6P. The summed E-state index contributed by atoms with van der Waals surface area (Å²) in [7, 11) is -4.82. The molecule has 0 saturated carbocycles. The monoisotopic (exact) mass is 343 g/mol. The van der Waals surface area contributed by atoms with E-state index in [1.807, 2.05) is 0 Å². The number of hydrogen-bond donors (Lipinski definition) is 3. The topological polar surface area (TPSA) is 118 Å². The lowest BCUT2D eigenvalue weighted by Crippen LogP contribution is -2.61. The molecule has 0 amide bonds. The number of carbonyl (C=O) groups is 1. The molecule has 0 aliphatic heterocycles. The summed E-state index contributed by atoms with van der Waals surface area (Å²) in [5.74, 6) is -1.59. The molecule has 0 rings (SSSR count). The molecule has 0 aliphatic carbocycles. The first-order valence-electron chi connectivity index (χ1n) is 4.72. The summed E-state index contributed by atoms with van der Waals surface area (Å²) in [5.41, 5.74) is 0. The van der Waals surface area contributed by atoms with Crippen LogP contribution in [0.25, 0.3) is 0 Å². The molecule has 0 saturated heterocycles. The Bertz CT molecular complexity index is 361. The highest BCUT2D eigenvalue weighted by Gasteiger charge is 2.51. The smallest absolute Gasteiger partial charge is 0.379 e. The molecule has 11 heteroatoms. The minimum atomic E-state index is -4.82. The third-order valence-corrected chi connectivity index (χ3v) is 4.90. The van der Waals surface area contributed by atoms with E-state index >= 15 is 0 Å². The van der Waals surface area contributed by atoms with Crippen molar-refractivity contribution in [3.05, 3.63) is 5.21 Å². The van der Waals surface area contributed by atoms with Gasteiger partial charge in [-0.15, -0.1) is 11.6 Å². The van der Waals surface area contributed by atoms with E-state index in [1.165, 1.54) is 0 Å². The van der Waals surface area contributed by atoms with Crippen molar-refractivity contribution in [3.8, 4) is 0 Å².